The van der Waals surface area contributed by atoms with Crippen molar-refractivity contribution < 1.29 is 9.47 Å². The van der Waals surface area contributed by atoms with Crippen LogP contribution < -0.4 is 9.47 Å². The zero-order valence-electron chi connectivity index (χ0n) is 53.9. The molecule has 0 radical (unpaired) electrons. The highest BCUT2D eigenvalue weighted by molar-refractivity contribution is 6.24. The van der Waals surface area contributed by atoms with Crippen LogP contribution >= 0.6 is 0 Å². The van der Waals surface area contributed by atoms with Gasteiger partial charge in [-0.2, -0.15) is 0 Å². The topological polar surface area (TPSA) is 41.2 Å². The summed E-state index contributed by atoms with van der Waals surface area (Å²) < 4.78 is 19.4. The largest absolute Gasteiger partial charge is 0.457 e. The third kappa shape index (κ3) is 6.97. The van der Waals surface area contributed by atoms with Crippen LogP contribution in [-0.4, -0.2) is 14.1 Å². The van der Waals surface area contributed by atoms with E-state index in [1.165, 1.54) is 71.6 Å². The van der Waals surface area contributed by atoms with Crippen molar-refractivity contribution in [3.63, 3.8) is 0 Å². The molecular weight excluding hydrogens is 1220 g/mol. The van der Waals surface area contributed by atoms with Gasteiger partial charge in [-0.3, -0.25) is 4.57 Å². The lowest BCUT2D eigenvalue weighted by Gasteiger charge is -2.39. The Morgan fingerprint density at radius 2 is 0.710 bits per heavy atom. The maximum absolute atomic E-state index is 7.27. The number of hydrogen-bond acceptors (Lipinski definition) is 3. The van der Waals surface area contributed by atoms with E-state index in [0.717, 1.165) is 139 Å². The average Bonchev–Trinajstić information content (AvgIpc) is 1.49. The Kier molecular flexibility index (Phi) is 10.7. The van der Waals surface area contributed by atoms with Crippen molar-refractivity contribution in [2.45, 2.75) is 10.8 Å². The molecule has 0 amide bonds. The zero-order chi connectivity index (χ0) is 65.1. The number of para-hydroxylation sites is 3. The van der Waals surface area contributed by atoms with E-state index in [1.54, 1.807) is 0 Å². The molecule has 0 saturated carbocycles. The molecule has 100 heavy (non-hydrogen) atoms. The first-order chi connectivity index (χ1) is 49.6. The molecule has 0 bridgehead atoms. The van der Waals surface area contributed by atoms with Crippen LogP contribution in [0.4, 0.5) is 0 Å². The summed E-state index contributed by atoms with van der Waals surface area (Å²) in [7, 11) is 0. The Bertz CT molecular complexity index is 6780. The highest BCUT2D eigenvalue weighted by Crippen LogP contribution is 2.65. The van der Waals surface area contributed by atoms with Crippen LogP contribution in [-0.2, 0) is 10.8 Å². The van der Waals surface area contributed by atoms with Gasteiger partial charge in [0.2, 0.25) is 0 Å². The summed E-state index contributed by atoms with van der Waals surface area (Å²) in [5.74, 6) is 4.33. The summed E-state index contributed by atoms with van der Waals surface area (Å²) in [5.41, 5.74) is 24.3. The number of fused-ring (bicyclic) bond motifs is 30. The maximum Gasteiger partial charge on any atom is 0.138 e. The lowest BCUT2D eigenvalue weighted by molar-refractivity contribution is 0.437. The van der Waals surface area contributed by atoms with Crippen LogP contribution in [0.25, 0.3) is 143 Å². The Labute approximate surface area is 574 Å². The first kappa shape index (κ1) is 54.1. The van der Waals surface area contributed by atoms with Gasteiger partial charge >= 0.3 is 0 Å². The van der Waals surface area contributed by atoms with E-state index >= 15 is 0 Å². The van der Waals surface area contributed by atoms with Gasteiger partial charge in [0.25, 0.3) is 0 Å². The van der Waals surface area contributed by atoms with Crippen molar-refractivity contribution in [2.75, 3.05) is 0 Å². The van der Waals surface area contributed by atoms with Crippen molar-refractivity contribution in [3.05, 3.63) is 378 Å². The highest BCUT2D eigenvalue weighted by Gasteiger charge is 2.53. The fourth-order valence-electron chi connectivity index (χ4n) is 18.8. The summed E-state index contributed by atoms with van der Waals surface area (Å²) in [4.78, 5) is 5.62. The van der Waals surface area contributed by atoms with E-state index in [2.05, 4.69) is 343 Å². The van der Waals surface area contributed by atoms with Crippen LogP contribution in [0.1, 0.15) is 44.5 Å². The molecule has 23 rings (SSSR count). The molecule has 5 heterocycles. The Morgan fingerprint density at radius 1 is 0.240 bits per heavy atom. The van der Waals surface area contributed by atoms with Gasteiger partial charge in [0.15, 0.2) is 0 Å². The van der Waals surface area contributed by atoms with Crippen LogP contribution in [0.15, 0.2) is 334 Å². The Morgan fingerprint density at radius 3 is 1.34 bits per heavy atom. The third-order valence-electron chi connectivity index (χ3n) is 22.8. The predicted molar refractivity (Wildman–Crippen MR) is 409 cm³/mol. The van der Waals surface area contributed by atoms with Gasteiger partial charge in [0, 0.05) is 54.9 Å². The second-order valence-electron chi connectivity index (χ2n) is 27.5. The standard InChI is InChI=1S/C95H55N3O2/c1-2-21-56(22-3-1)71-53-91(96-82-38-17-10-30-70(71)82)98-84-48-43-60-49-59(41-45-65(60)93(84)73-52-90-81(55-86(73)98)95(79-37-16-19-40-88(79)100-90)76-34-13-8-28-68(76)69-29-9-14-35-77(69)95)62-31-20-24-58-50-61(44-46-63(58)62)97-83-47-42-57-23-4-5-25-64(57)92(83)72-51-89-80(54-85(72)97)94(78-36-15-18-39-87(78)99-89)74-32-11-6-26-66(74)67-27-7-12-33-75(67)94/h1-55H. The molecule has 16 aromatic carbocycles. The number of ether oxygens (including phenoxy) is 2. The number of benzene rings is 16. The third-order valence-corrected chi connectivity index (χ3v) is 22.8. The smallest absolute Gasteiger partial charge is 0.138 e. The van der Waals surface area contributed by atoms with Gasteiger partial charge in [-0.1, -0.05) is 255 Å². The molecule has 2 spiro atoms. The van der Waals surface area contributed by atoms with Gasteiger partial charge in [0.05, 0.1) is 38.4 Å². The zero-order valence-corrected chi connectivity index (χ0v) is 53.9. The van der Waals surface area contributed by atoms with Crippen molar-refractivity contribution in [1.29, 1.82) is 0 Å². The molecule has 0 unspecified atom stereocenters. The van der Waals surface area contributed by atoms with Crippen molar-refractivity contribution in [1.82, 2.24) is 14.1 Å². The normalized spacial score (nSPS) is 13.9. The van der Waals surface area contributed by atoms with Crippen LogP contribution in [0.2, 0.25) is 0 Å². The fourth-order valence-corrected chi connectivity index (χ4v) is 18.8. The number of pyridine rings is 1. The minimum atomic E-state index is -0.657. The molecule has 0 N–H and O–H groups in total. The molecule has 5 heteroatoms. The van der Waals surface area contributed by atoms with E-state index in [0.29, 0.717) is 0 Å². The van der Waals surface area contributed by atoms with Gasteiger partial charge < -0.3 is 14.0 Å². The summed E-state index contributed by atoms with van der Waals surface area (Å²) in [6.07, 6.45) is 0. The quantitative estimate of drug-likeness (QED) is 0.176. The molecule has 19 aromatic rings. The summed E-state index contributed by atoms with van der Waals surface area (Å²) in [6, 6.07) is 123. The molecule has 0 atom stereocenters. The average molecular weight is 1270 g/mol. The number of nitrogens with zero attached hydrogens (tertiary/aromatic N) is 3. The van der Waals surface area contributed by atoms with E-state index in [-0.39, 0.29) is 0 Å². The molecule has 4 aliphatic rings. The lowest BCUT2D eigenvalue weighted by Crippen LogP contribution is -2.32. The number of rotatable bonds is 4. The summed E-state index contributed by atoms with van der Waals surface area (Å²) in [5, 5.41) is 12.8. The number of aromatic nitrogens is 3. The van der Waals surface area contributed by atoms with Crippen LogP contribution in [0, 0.1) is 0 Å². The minimum Gasteiger partial charge on any atom is -0.457 e. The molecule has 3 aromatic heterocycles. The Balaban J connectivity index is 0.728. The molecule has 0 fully saturated rings. The first-order valence-electron chi connectivity index (χ1n) is 34.6. The van der Waals surface area contributed by atoms with Crippen molar-refractivity contribution in [3.8, 4) is 79.0 Å². The SMILES string of the molecule is c1ccc(-c2cc(-n3c4cc5c(cc4c4c6ccc(-c7cccc8cc(-n9c%10cc%11c(cc%10c%10c%12ccccc%12ccc%109)Oc9ccccc9C%119c%10ccccc%10-c%10ccccc%109)ccc78)cc6ccc43)Oc3ccccc3C53c4ccccc4-c4ccccc43)nc3ccccc23)cc1. The summed E-state index contributed by atoms with van der Waals surface area (Å²) >= 11 is 0. The number of hydrogen-bond donors (Lipinski definition) is 0. The fraction of sp³-hybridized carbons (Fsp3) is 0.0211. The molecule has 462 valence electrons. The van der Waals surface area contributed by atoms with Crippen molar-refractivity contribution >= 4 is 86.8 Å². The second-order valence-corrected chi connectivity index (χ2v) is 27.5. The van der Waals surface area contributed by atoms with Crippen molar-refractivity contribution in [2.24, 2.45) is 0 Å². The van der Waals surface area contributed by atoms with Gasteiger partial charge in [-0.25, -0.2) is 4.98 Å². The van der Waals surface area contributed by atoms with Gasteiger partial charge in [-0.05, 0) is 178 Å². The molecule has 0 saturated heterocycles. The monoisotopic (exact) mass is 1270 g/mol. The Hall–Kier alpha value is -13.1. The van der Waals surface area contributed by atoms with E-state index in [1.807, 2.05) is 0 Å². The first-order valence-corrected chi connectivity index (χ1v) is 34.6. The van der Waals surface area contributed by atoms with Gasteiger partial charge in [-0.15, -0.1) is 0 Å². The van der Waals surface area contributed by atoms with Crippen LogP contribution in [0.5, 0.6) is 23.0 Å². The molecule has 2 aliphatic carbocycles. The maximum atomic E-state index is 7.27. The highest BCUT2D eigenvalue weighted by atomic mass is 16.5. The predicted octanol–water partition coefficient (Wildman–Crippen LogP) is 24.2. The minimum absolute atomic E-state index is 0.614. The molecular formula is C95H55N3O2. The van der Waals surface area contributed by atoms with E-state index in [4.69, 9.17) is 14.5 Å². The van der Waals surface area contributed by atoms with E-state index in [9.17, 15) is 0 Å². The lowest BCUT2D eigenvalue weighted by atomic mass is 9.66. The molecule has 2 aliphatic heterocycles. The second kappa shape index (κ2) is 19.8. The summed E-state index contributed by atoms with van der Waals surface area (Å²) in [6.45, 7) is 0. The van der Waals surface area contributed by atoms with E-state index < -0.39 is 10.8 Å². The van der Waals surface area contributed by atoms with Crippen LogP contribution in [0.3, 0.4) is 0 Å². The molecule has 5 nitrogen and oxygen atoms in total. The van der Waals surface area contributed by atoms with Gasteiger partial charge in [0.1, 0.15) is 28.8 Å².